The smallest absolute Gasteiger partial charge is 0.330 e. The number of aliphatic hydroxyl groups is 1. The molecule has 2 rings (SSSR count). The van der Waals surface area contributed by atoms with Crippen molar-refractivity contribution in [1.29, 1.82) is 0 Å². The first kappa shape index (κ1) is 15.6. The number of rotatable bonds is 5. The van der Waals surface area contributed by atoms with E-state index in [0.717, 1.165) is 0 Å². The minimum atomic E-state index is -1.18. The highest BCUT2D eigenvalue weighted by molar-refractivity contribution is 5.87. The predicted molar refractivity (Wildman–Crippen MR) is 81.2 cm³/mol. The van der Waals surface area contributed by atoms with Crippen LogP contribution in [0.15, 0.2) is 54.6 Å². The minimum absolute atomic E-state index is 0.137. The summed E-state index contributed by atoms with van der Waals surface area (Å²) in [5.74, 6) is -0.479. The molecule has 1 atom stereocenters. The molecule has 0 heterocycles. The molecule has 0 radical (unpaired) electrons. The molecule has 5 nitrogen and oxygen atoms in total. The van der Waals surface area contributed by atoms with Crippen molar-refractivity contribution in [3.8, 4) is 11.5 Å². The third-order valence-corrected chi connectivity index (χ3v) is 2.92. The van der Waals surface area contributed by atoms with Crippen LogP contribution in [0.1, 0.15) is 17.4 Å². The lowest BCUT2D eigenvalue weighted by atomic mass is 10.2. The number of phenols is 1. The van der Waals surface area contributed by atoms with Crippen molar-refractivity contribution in [1.82, 2.24) is 0 Å². The standard InChI is InChI=1S/C17H16O5/c1-21-16(19)10-8-12-7-9-15(14(18)11-12)22-17(20)13-5-3-2-4-6-13/h2-11,17-18,20H,1H3/b10-8+. The molecule has 2 aromatic carbocycles. The van der Waals surface area contributed by atoms with Gasteiger partial charge in [0.1, 0.15) is 0 Å². The number of aromatic hydroxyl groups is 1. The van der Waals surface area contributed by atoms with Crippen LogP contribution in [0.25, 0.3) is 6.08 Å². The van der Waals surface area contributed by atoms with E-state index < -0.39 is 12.3 Å². The zero-order chi connectivity index (χ0) is 15.9. The summed E-state index contributed by atoms with van der Waals surface area (Å²) in [6, 6.07) is 13.4. The molecule has 0 saturated carbocycles. The highest BCUT2D eigenvalue weighted by atomic mass is 16.6. The van der Waals surface area contributed by atoms with Gasteiger partial charge in [-0.3, -0.25) is 0 Å². The van der Waals surface area contributed by atoms with Gasteiger partial charge in [-0.1, -0.05) is 36.4 Å². The van der Waals surface area contributed by atoms with Gasteiger partial charge in [0.15, 0.2) is 11.5 Å². The van der Waals surface area contributed by atoms with Crippen molar-refractivity contribution in [2.45, 2.75) is 6.29 Å². The molecule has 114 valence electrons. The Bertz CT molecular complexity index is 664. The molecule has 0 aliphatic heterocycles. The summed E-state index contributed by atoms with van der Waals surface area (Å²) in [5, 5.41) is 19.9. The van der Waals surface area contributed by atoms with E-state index in [2.05, 4.69) is 4.74 Å². The summed E-state index contributed by atoms with van der Waals surface area (Å²) in [5.41, 5.74) is 1.18. The number of methoxy groups -OCH3 is 1. The molecule has 22 heavy (non-hydrogen) atoms. The maximum Gasteiger partial charge on any atom is 0.330 e. The Hall–Kier alpha value is -2.79. The second-order valence-corrected chi connectivity index (χ2v) is 4.46. The third-order valence-electron chi connectivity index (χ3n) is 2.92. The van der Waals surface area contributed by atoms with E-state index in [-0.39, 0.29) is 11.5 Å². The van der Waals surface area contributed by atoms with Crippen molar-refractivity contribution in [2.24, 2.45) is 0 Å². The molecule has 2 aromatic rings. The van der Waals surface area contributed by atoms with E-state index in [1.165, 1.54) is 31.4 Å². The number of hydrogen-bond donors (Lipinski definition) is 2. The maximum atomic E-state index is 11.0. The molecule has 0 amide bonds. The molecule has 0 fully saturated rings. The van der Waals surface area contributed by atoms with Crippen molar-refractivity contribution < 1.29 is 24.5 Å². The Morgan fingerprint density at radius 2 is 1.91 bits per heavy atom. The molecule has 2 N–H and O–H groups in total. The van der Waals surface area contributed by atoms with Gasteiger partial charge in [0, 0.05) is 11.6 Å². The van der Waals surface area contributed by atoms with Crippen molar-refractivity contribution in [3.05, 3.63) is 65.7 Å². The van der Waals surface area contributed by atoms with Gasteiger partial charge in [0.2, 0.25) is 6.29 Å². The lowest BCUT2D eigenvalue weighted by Gasteiger charge is -2.14. The number of hydrogen-bond acceptors (Lipinski definition) is 5. The molecule has 5 heteroatoms. The van der Waals surface area contributed by atoms with Crippen LogP contribution in [0, 0.1) is 0 Å². The molecule has 0 bridgehead atoms. The number of carbonyl (C=O) groups is 1. The van der Waals surface area contributed by atoms with Crippen molar-refractivity contribution >= 4 is 12.0 Å². The zero-order valence-electron chi connectivity index (χ0n) is 12.0. The number of esters is 1. The first-order valence-electron chi connectivity index (χ1n) is 6.59. The van der Waals surface area contributed by atoms with Crippen LogP contribution in [-0.4, -0.2) is 23.3 Å². The molecule has 0 aromatic heterocycles. The second-order valence-electron chi connectivity index (χ2n) is 4.46. The number of phenolic OH excluding ortho intramolecular Hbond substituents is 1. The Kier molecular flexibility index (Phi) is 5.16. The minimum Gasteiger partial charge on any atom is -0.504 e. The van der Waals surface area contributed by atoms with E-state index in [0.29, 0.717) is 11.1 Å². The van der Waals surface area contributed by atoms with Crippen LogP contribution in [0.3, 0.4) is 0 Å². The van der Waals surface area contributed by atoms with Crippen molar-refractivity contribution in [3.63, 3.8) is 0 Å². The van der Waals surface area contributed by atoms with Gasteiger partial charge in [-0.15, -0.1) is 0 Å². The fourth-order valence-corrected chi connectivity index (χ4v) is 1.78. The van der Waals surface area contributed by atoms with Crippen LogP contribution < -0.4 is 4.74 Å². The Labute approximate surface area is 128 Å². The Morgan fingerprint density at radius 3 is 2.55 bits per heavy atom. The van der Waals surface area contributed by atoms with Crippen LogP contribution in [0.4, 0.5) is 0 Å². The topological polar surface area (TPSA) is 76.0 Å². The fourth-order valence-electron chi connectivity index (χ4n) is 1.78. The van der Waals surface area contributed by atoms with Crippen LogP contribution in [0.5, 0.6) is 11.5 Å². The van der Waals surface area contributed by atoms with E-state index in [1.54, 1.807) is 30.3 Å². The molecule has 1 unspecified atom stereocenters. The Balaban J connectivity index is 2.10. The van der Waals surface area contributed by atoms with Crippen LogP contribution >= 0.6 is 0 Å². The van der Waals surface area contributed by atoms with Gasteiger partial charge in [-0.2, -0.15) is 0 Å². The maximum absolute atomic E-state index is 11.0. The number of carbonyl (C=O) groups excluding carboxylic acids is 1. The summed E-state index contributed by atoms with van der Waals surface area (Å²) >= 11 is 0. The summed E-state index contributed by atoms with van der Waals surface area (Å²) in [6.07, 6.45) is 1.57. The highest BCUT2D eigenvalue weighted by Crippen LogP contribution is 2.30. The van der Waals surface area contributed by atoms with Gasteiger partial charge < -0.3 is 19.7 Å². The van der Waals surface area contributed by atoms with Crippen LogP contribution in [-0.2, 0) is 9.53 Å². The normalized spacial score (nSPS) is 12.1. The van der Waals surface area contributed by atoms with E-state index in [1.807, 2.05) is 6.07 Å². The average molecular weight is 300 g/mol. The summed E-state index contributed by atoms with van der Waals surface area (Å²) < 4.78 is 9.80. The predicted octanol–water partition coefficient (Wildman–Crippen LogP) is 2.65. The lowest BCUT2D eigenvalue weighted by Crippen LogP contribution is -2.06. The van der Waals surface area contributed by atoms with Gasteiger partial charge in [0.25, 0.3) is 0 Å². The summed E-state index contributed by atoms with van der Waals surface area (Å²) in [6.45, 7) is 0. The number of benzene rings is 2. The highest BCUT2D eigenvalue weighted by Gasteiger charge is 2.11. The molecule has 0 aliphatic rings. The van der Waals surface area contributed by atoms with E-state index in [4.69, 9.17) is 4.74 Å². The van der Waals surface area contributed by atoms with Gasteiger partial charge in [-0.25, -0.2) is 4.79 Å². The fraction of sp³-hybridized carbons (Fsp3) is 0.118. The van der Waals surface area contributed by atoms with Gasteiger partial charge in [0.05, 0.1) is 7.11 Å². The van der Waals surface area contributed by atoms with Gasteiger partial charge in [-0.05, 0) is 23.8 Å². The first-order chi connectivity index (χ1) is 10.6. The summed E-state index contributed by atoms with van der Waals surface area (Å²) in [4.78, 5) is 11.0. The molecule has 0 aliphatic carbocycles. The van der Waals surface area contributed by atoms with E-state index >= 15 is 0 Å². The monoisotopic (exact) mass is 300 g/mol. The molecule has 0 spiro atoms. The first-order valence-corrected chi connectivity index (χ1v) is 6.59. The molecular weight excluding hydrogens is 284 g/mol. The quantitative estimate of drug-likeness (QED) is 0.504. The second kappa shape index (κ2) is 7.28. The van der Waals surface area contributed by atoms with E-state index in [9.17, 15) is 15.0 Å². The largest absolute Gasteiger partial charge is 0.504 e. The SMILES string of the molecule is COC(=O)/C=C/c1ccc(OC(O)c2ccccc2)c(O)c1. The lowest BCUT2D eigenvalue weighted by molar-refractivity contribution is -0.134. The van der Waals surface area contributed by atoms with Crippen LogP contribution in [0.2, 0.25) is 0 Å². The Morgan fingerprint density at radius 1 is 1.18 bits per heavy atom. The molecular formula is C17H16O5. The zero-order valence-corrected chi connectivity index (χ0v) is 12.0. The third kappa shape index (κ3) is 4.10. The van der Waals surface area contributed by atoms with Gasteiger partial charge >= 0.3 is 5.97 Å². The number of ether oxygens (including phenoxy) is 2. The van der Waals surface area contributed by atoms with Crippen molar-refractivity contribution in [2.75, 3.05) is 7.11 Å². The summed E-state index contributed by atoms with van der Waals surface area (Å²) in [7, 11) is 1.28. The average Bonchev–Trinajstić information content (AvgIpc) is 2.55. The number of aliphatic hydroxyl groups excluding tert-OH is 1. The molecule has 0 saturated heterocycles.